The largest absolute Gasteiger partial charge is 0.258 e. The first kappa shape index (κ1) is 12.6. The van der Waals surface area contributed by atoms with E-state index < -0.39 is 0 Å². The molecule has 0 aliphatic heterocycles. The molecule has 0 N–H and O–H groups in total. The highest BCUT2D eigenvalue weighted by Gasteiger charge is 2.01. The van der Waals surface area contributed by atoms with Gasteiger partial charge in [-0.1, -0.05) is 30.3 Å². The van der Waals surface area contributed by atoms with Crippen LogP contribution in [0.25, 0.3) is 0 Å². The lowest BCUT2D eigenvalue weighted by molar-refractivity contribution is 1.25. The number of halogens is 1. The zero-order valence-electron chi connectivity index (χ0n) is 9.92. The number of pyridine rings is 1. The summed E-state index contributed by atoms with van der Waals surface area (Å²) in [7, 11) is 0. The predicted molar refractivity (Wildman–Crippen MR) is 79.5 cm³/mol. The molecule has 0 bridgehead atoms. The van der Waals surface area contributed by atoms with Gasteiger partial charge in [0, 0.05) is 23.1 Å². The average Bonchev–Trinajstić information content (AvgIpc) is 2.39. The van der Waals surface area contributed by atoms with Gasteiger partial charge in [-0.2, -0.15) is 0 Å². The summed E-state index contributed by atoms with van der Waals surface area (Å²) in [6.07, 6.45) is 5.22. The van der Waals surface area contributed by atoms with E-state index in [9.17, 15) is 0 Å². The van der Waals surface area contributed by atoms with Gasteiger partial charge in [-0.05, 0) is 34.5 Å². The maximum absolute atomic E-state index is 4.37. The lowest BCUT2D eigenvalue weighted by atomic mass is 10.2. The highest BCUT2D eigenvalue weighted by molar-refractivity contribution is 9.10. The number of aromatic nitrogens is 1. The molecule has 0 saturated heterocycles. The van der Waals surface area contributed by atoms with Gasteiger partial charge in [0.05, 0.1) is 0 Å². The molecule has 0 fully saturated rings. The Balaban J connectivity index is 2.31. The van der Waals surface area contributed by atoms with Gasteiger partial charge >= 0.3 is 0 Å². The van der Waals surface area contributed by atoms with Crippen LogP contribution in [-0.2, 0) is 0 Å². The fourth-order valence-electron chi connectivity index (χ4n) is 1.43. The Morgan fingerprint density at radius 3 is 2.67 bits per heavy atom. The first-order valence-corrected chi connectivity index (χ1v) is 6.32. The number of hydrogen-bond acceptors (Lipinski definition) is 3. The first-order chi connectivity index (χ1) is 8.79. The van der Waals surface area contributed by atoms with Crippen LogP contribution in [0.5, 0.6) is 0 Å². The molecular weight excluding hydrogens is 290 g/mol. The molecule has 0 unspecified atom stereocenters. The normalized spacial score (nSPS) is 11.4. The minimum Gasteiger partial charge on any atom is -0.258 e. The van der Waals surface area contributed by atoms with Crippen LogP contribution in [0.4, 0.5) is 11.5 Å². The molecule has 18 heavy (non-hydrogen) atoms. The summed E-state index contributed by atoms with van der Waals surface area (Å²) < 4.78 is 0.891. The van der Waals surface area contributed by atoms with Crippen LogP contribution >= 0.6 is 15.9 Å². The number of hydrogen-bond donors (Lipinski definition) is 0. The van der Waals surface area contributed by atoms with E-state index in [0.29, 0.717) is 5.82 Å². The molecule has 4 heteroatoms. The van der Waals surface area contributed by atoms with Crippen molar-refractivity contribution in [3.8, 4) is 0 Å². The summed E-state index contributed by atoms with van der Waals surface area (Å²) in [6.45, 7) is 1.87. The summed E-state index contributed by atoms with van der Waals surface area (Å²) in [6, 6.07) is 11.8. The van der Waals surface area contributed by atoms with Crippen molar-refractivity contribution in [2.45, 2.75) is 6.92 Å². The van der Waals surface area contributed by atoms with Crippen molar-refractivity contribution in [2.24, 2.45) is 9.98 Å². The van der Waals surface area contributed by atoms with E-state index in [2.05, 4.69) is 30.9 Å². The van der Waals surface area contributed by atoms with E-state index in [1.807, 2.05) is 43.3 Å². The van der Waals surface area contributed by atoms with E-state index in [0.717, 1.165) is 15.7 Å². The second-order valence-electron chi connectivity index (χ2n) is 3.55. The van der Waals surface area contributed by atoms with Crippen LogP contribution in [0.15, 0.2) is 57.1 Å². The van der Waals surface area contributed by atoms with Gasteiger partial charge in [0.25, 0.3) is 0 Å². The fourth-order valence-corrected chi connectivity index (χ4v) is 1.75. The van der Waals surface area contributed by atoms with Gasteiger partial charge < -0.3 is 0 Å². The highest BCUT2D eigenvalue weighted by atomic mass is 79.9. The summed E-state index contributed by atoms with van der Waals surface area (Å²) in [5, 5.41) is 0. The van der Waals surface area contributed by atoms with Crippen molar-refractivity contribution >= 4 is 39.9 Å². The molecule has 2 aromatic rings. The number of benzene rings is 1. The van der Waals surface area contributed by atoms with Crippen molar-refractivity contribution in [3.05, 3.63) is 52.6 Å². The molecular formula is C14H12BrN3. The Hall–Kier alpha value is -1.81. The maximum Gasteiger partial charge on any atom is 0.178 e. The standard InChI is InChI=1S/C14H12BrN3/c1-2-16-13-8-12(15)10-18-14(13)17-9-11-6-4-3-5-7-11/h2-10H,1H3/b16-2?,17-9+. The SMILES string of the molecule is CC=Nc1cc(Br)cnc1/N=C/c1ccccc1. The van der Waals surface area contributed by atoms with E-state index in [1.165, 1.54) is 0 Å². The molecule has 0 aliphatic rings. The molecule has 0 atom stereocenters. The Kier molecular flexibility index (Phi) is 4.36. The predicted octanol–water partition coefficient (Wildman–Crippen LogP) is 4.32. The molecule has 1 aromatic carbocycles. The number of aliphatic imine (C=N–C) groups is 2. The smallest absolute Gasteiger partial charge is 0.178 e. The molecule has 0 radical (unpaired) electrons. The van der Waals surface area contributed by atoms with Crippen molar-refractivity contribution in [1.82, 2.24) is 4.98 Å². The first-order valence-electron chi connectivity index (χ1n) is 5.53. The van der Waals surface area contributed by atoms with Crippen LogP contribution < -0.4 is 0 Å². The van der Waals surface area contributed by atoms with Crippen molar-refractivity contribution in [3.63, 3.8) is 0 Å². The molecule has 0 aliphatic carbocycles. The Bertz CT molecular complexity index is 577. The minimum atomic E-state index is 0.611. The third-order valence-corrected chi connectivity index (χ3v) is 2.65. The minimum absolute atomic E-state index is 0.611. The van der Waals surface area contributed by atoms with Gasteiger partial charge in [-0.15, -0.1) is 0 Å². The summed E-state index contributed by atoms with van der Waals surface area (Å²) in [4.78, 5) is 12.9. The summed E-state index contributed by atoms with van der Waals surface area (Å²) in [5.74, 6) is 0.611. The zero-order valence-corrected chi connectivity index (χ0v) is 11.5. The third-order valence-electron chi connectivity index (χ3n) is 2.22. The van der Waals surface area contributed by atoms with E-state index in [4.69, 9.17) is 0 Å². The fraction of sp³-hybridized carbons (Fsp3) is 0.0714. The topological polar surface area (TPSA) is 37.6 Å². The van der Waals surface area contributed by atoms with Crippen LogP contribution in [0.3, 0.4) is 0 Å². The van der Waals surface area contributed by atoms with Crippen molar-refractivity contribution < 1.29 is 0 Å². The van der Waals surface area contributed by atoms with E-state index in [1.54, 1.807) is 18.6 Å². The molecule has 0 amide bonds. The molecule has 1 aromatic heterocycles. The van der Waals surface area contributed by atoms with Gasteiger partial charge in [-0.25, -0.2) is 9.98 Å². The van der Waals surface area contributed by atoms with Crippen LogP contribution in [0.2, 0.25) is 0 Å². The van der Waals surface area contributed by atoms with Gasteiger partial charge in [0.15, 0.2) is 5.82 Å². The van der Waals surface area contributed by atoms with Gasteiger partial charge in [0.2, 0.25) is 0 Å². The Morgan fingerprint density at radius 1 is 1.17 bits per heavy atom. The number of nitrogens with zero attached hydrogens (tertiary/aromatic N) is 3. The van der Waals surface area contributed by atoms with Crippen LogP contribution in [-0.4, -0.2) is 17.4 Å². The molecule has 0 spiro atoms. The molecule has 2 rings (SSSR count). The molecule has 90 valence electrons. The lowest BCUT2D eigenvalue weighted by Crippen LogP contribution is -1.81. The van der Waals surface area contributed by atoms with E-state index in [-0.39, 0.29) is 0 Å². The van der Waals surface area contributed by atoms with Crippen LogP contribution in [0.1, 0.15) is 12.5 Å². The monoisotopic (exact) mass is 301 g/mol. The average molecular weight is 302 g/mol. The van der Waals surface area contributed by atoms with Crippen molar-refractivity contribution in [1.29, 1.82) is 0 Å². The lowest BCUT2D eigenvalue weighted by Gasteiger charge is -1.99. The van der Waals surface area contributed by atoms with Gasteiger partial charge in [0.1, 0.15) is 5.69 Å². The second kappa shape index (κ2) is 6.21. The third kappa shape index (κ3) is 3.34. The molecule has 3 nitrogen and oxygen atoms in total. The second-order valence-corrected chi connectivity index (χ2v) is 4.47. The van der Waals surface area contributed by atoms with Gasteiger partial charge in [-0.3, -0.25) is 4.99 Å². The Morgan fingerprint density at radius 2 is 1.94 bits per heavy atom. The van der Waals surface area contributed by atoms with Crippen molar-refractivity contribution in [2.75, 3.05) is 0 Å². The summed E-state index contributed by atoms with van der Waals surface area (Å²) in [5.41, 5.74) is 1.78. The molecule has 0 saturated carbocycles. The summed E-state index contributed by atoms with van der Waals surface area (Å²) >= 11 is 3.37. The van der Waals surface area contributed by atoms with E-state index >= 15 is 0 Å². The zero-order chi connectivity index (χ0) is 12.8. The Labute approximate surface area is 114 Å². The highest BCUT2D eigenvalue weighted by Crippen LogP contribution is 2.28. The quantitative estimate of drug-likeness (QED) is 0.778. The number of rotatable bonds is 3. The maximum atomic E-state index is 4.37. The molecule has 1 heterocycles. The van der Waals surface area contributed by atoms with Crippen LogP contribution in [0, 0.1) is 0 Å².